The van der Waals surface area contributed by atoms with Gasteiger partial charge in [-0.25, -0.2) is 4.39 Å². The third-order valence-corrected chi connectivity index (χ3v) is 3.86. The van der Waals surface area contributed by atoms with Gasteiger partial charge in [0, 0.05) is 30.0 Å². The van der Waals surface area contributed by atoms with E-state index in [1.807, 2.05) is 0 Å². The minimum absolute atomic E-state index is 0.0860. The molecule has 114 valence electrons. The normalized spacial score (nSPS) is 16.7. The number of anilines is 1. The van der Waals surface area contributed by atoms with Crippen LogP contribution in [0, 0.1) is 5.82 Å². The summed E-state index contributed by atoms with van der Waals surface area (Å²) in [6.07, 6.45) is 0.293. The van der Waals surface area contributed by atoms with Crippen molar-refractivity contribution >= 4 is 11.6 Å². The number of hydrogen-bond acceptors (Lipinski definition) is 3. The zero-order valence-corrected chi connectivity index (χ0v) is 12.4. The number of amides is 1. The van der Waals surface area contributed by atoms with Gasteiger partial charge in [-0.2, -0.15) is 0 Å². The van der Waals surface area contributed by atoms with Gasteiger partial charge in [-0.3, -0.25) is 4.79 Å². The van der Waals surface area contributed by atoms with Gasteiger partial charge < -0.3 is 14.8 Å². The smallest absolute Gasteiger partial charge is 0.225 e. The quantitative estimate of drug-likeness (QED) is 0.946. The number of rotatable bonds is 3. The van der Waals surface area contributed by atoms with Crippen LogP contribution in [0.4, 0.5) is 10.1 Å². The topological polar surface area (TPSA) is 47.6 Å². The van der Waals surface area contributed by atoms with Crippen molar-refractivity contribution in [3.8, 4) is 11.5 Å². The number of methoxy groups -OCH3 is 2. The molecule has 0 spiro atoms. The lowest BCUT2D eigenvalue weighted by Gasteiger charge is -2.28. The van der Waals surface area contributed by atoms with E-state index in [-0.39, 0.29) is 17.6 Å². The Morgan fingerprint density at radius 2 is 1.86 bits per heavy atom. The summed E-state index contributed by atoms with van der Waals surface area (Å²) in [5.41, 5.74) is 2.43. The standard InChI is InChI=1S/C17H16FNO3/c1-21-12-7-14-17(15(8-12)22-2)13(9-16(20)19-14)10-3-5-11(18)6-4-10/h3-8,13H,9H2,1-2H3,(H,19,20)/t13-/m1/s1. The molecule has 0 aliphatic carbocycles. The monoisotopic (exact) mass is 301 g/mol. The highest BCUT2D eigenvalue weighted by Gasteiger charge is 2.30. The van der Waals surface area contributed by atoms with Crippen LogP contribution in [0.3, 0.4) is 0 Å². The van der Waals surface area contributed by atoms with Crippen LogP contribution in [-0.4, -0.2) is 20.1 Å². The van der Waals surface area contributed by atoms with Crippen LogP contribution in [0.5, 0.6) is 11.5 Å². The molecule has 1 heterocycles. The Bertz CT molecular complexity index is 713. The second kappa shape index (κ2) is 5.67. The van der Waals surface area contributed by atoms with Crippen molar-refractivity contribution in [3.05, 3.63) is 53.3 Å². The number of carbonyl (C=O) groups excluding carboxylic acids is 1. The van der Waals surface area contributed by atoms with Crippen LogP contribution in [0.25, 0.3) is 0 Å². The van der Waals surface area contributed by atoms with Gasteiger partial charge >= 0.3 is 0 Å². The van der Waals surface area contributed by atoms with Gasteiger partial charge in [-0.05, 0) is 17.7 Å². The molecule has 0 aromatic heterocycles. The molecule has 0 bridgehead atoms. The minimum atomic E-state index is -0.300. The number of carbonyl (C=O) groups is 1. The second-order valence-electron chi connectivity index (χ2n) is 5.15. The van der Waals surface area contributed by atoms with Crippen molar-refractivity contribution in [1.29, 1.82) is 0 Å². The molecule has 4 nitrogen and oxygen atoms in total. The molecule has 1 aliphatic heterocycles. The number of benzene rings is 2. The molecule has 1 amide bonds. The number of ether oxygens (including phenoxy) is 2. The van der Waals surface area contributed by atoms with Gasteiger partial charge in [0.05, 0.1) is 19.9 Å². The molecule has 1 atom stereocenters. The van der Waals surface area contributed by atoms with Gasteiger partial charge in [0.1, 0.15) is 17.3 Å². The van der Waals surface area contributed by atoms with Crippen molar-refractivity contribution in [3.63, 3.8) is 0 Å². The fourth-order valence-corrected chi connectivity index (χ4v) is 2.82. The van der Waals surface area contributed by atoms with Crippen molar-refractivity contribution in [1.82, 2.24) is 0 Å². The fraction of sp³-hybridized carbons (Fsp3) is 0.235. The molecular weight excluding hydrogens is 285 g/mol. The predicted octanol–water partition coefficient (Wildman–Crippen LogP) is 3.32. The summed E-state index contributed by atoms with van der Waals surface area (Å²) < 4.78 is 23.8. The Morgan fingerprint density at radius 3 is 2.50 bits per heavy atom. The lowest BCUT2D eigenvalue weighted by Crippen LogP contribution is -2.24. The molecule has 0 saturated heterocycles. The Kier molecular flexibility index (Phi) is 3.71. The van der Waals surface area contributed by atoms with Crippen LogP contribution >= 0.6 is 0 Å². The lowest BCUT2D eigenvalue weighted by atomic mass is 9.84. The Hall–Kier alpha value is -2.56. The van der Waals surface area contributed by atoms with Crippen LogP contribution in [0.1, 0.15) is 23.5 Å². The third kappa shape index (κ3) is 2.50. The molecule has 2 aromatic rings. The summed E-state index contributed by atoms with van der Waals surface area (Å²) in [6, 6.07) is 9.76. The van der Waals surface area contributed by atoms with Crippen LogP contribution in [0.2, 0.25) is 0 Å². The van der Waals surface area contributed by atoms with Crippen molar-refractivity contribution in [2.24, 2.45) is 0 Å². The Morgan fingerprint density at radius 1 is 1.14 bits per heavy atom. The summed E-state index contributed by atoms with van der Waals surface area (Å²) in [5, 5.41) is 2.85. The zero-order chi connectivity index (χ0) is 15.7. The molecule has 5 heteroatoms. The molecule has 2 aromatic carbocycles. The Labute approximate surface area is 127 Å². The first-order valence-corrected chi connectivity index (χ1v) is 6.93. The molecule has 0 saturated carbocycles. The van der Waals surface area contributed by atoms with Gasteiger partial charge in [-0.1, -0.05) is 12.1 Å². The van der Waals surface area contributed by atoms with E-state index in [9.17, 15) is 9.18 Å². The van der Waals surface area contributed by atoms with Crippen molar-refractivity contribution < 1.29 is 18.7 Å². The van der Waals surface area contributed by atoms with E-state index >= 15 is 0 Å². The van der Waals surface area contributed by atoms with Gasteiger partial charge in [0.25, 0.3) is 0 Å². The maximum absolute atomic E-state index is 13.2. The second-order valence-corrected chi connectivity index (χ2v) is 5.15. The van der Waals surface area contributed by atoms with E-state index in [0.29, 0.717) is 23.6 Å². The molecule has 0 fully saturated rings. The molecule has 1 N–H and O–H groups in total. The lowest BCUT2D eigenvalue weighted by molar-refractivity contribution is -0.116. The summed E-state index contributed by atoms with van der Waals surface area (Å²) in [6.45, 7) is 0. The van der Waals surface area contributed by atoms with Crippen molar-refractivity contribution in [2.45, 2.75) is 12.3 Å². The van der Waals surface area contributed by atoms with E-state index in [4.69, 9.17) is 9.47 Å². The first-order chi connectivity index (χ1) is 10.6. The molecular formula is C17H16FNO3. The minimum Gasteiger partial charge on any atom is -0.497 e. The summed E-state index contributed by atoms with van der Waals surface area (Å²) in [4.78, 5) is 12.0. The van der Waals surface area contributed by atoms with Gasteiger partial charge in [0.2, 0.25) is 5.91 Å². The van der Waals surface area contributed by atoms with E-state index in [2.05, 4.69) is 5.32 Å². The highest BCUT2D eigenvalue weighted by atomic mass is 19.1. The number of nitrogens with one attached hydrogen (secondary N) is 1. The number of halogens is 1. The van der Waals surface area contributed by atoms with E-state index in [0.717, 1.165) is 11.1 Å². The zero-order valence-electron chi connectivity index (χ0n) is 12.4. The molecule has 1 aliphatic rings. The first kappa shape index (κ1) is 14.4. The SMILES string of the molecule is COc1cc2c(c(OC)c1)[C@@H](c1ccc(F)cc1)CC(=O)N2. The predicted molar refractivity (Wildman–Crippen MR) is 81.0 cm³/mol. The summed E-state index contributed by atoms with van der Waals surface area (Å²) in [5.74, 6) is 0.688. The van der Waals surface area contributed by atoms with Crippen LogP contribution in [-0.2, 0) is 4.79 Å². The summed E-state index contributed by atoms with van der Waals surface area (Å²) >= 11 is 0. The largest absolute Gasteiger partial charge is 0.497 e. The van der Waals surface area contributed by atoms with Crippen LogP contribution < -0.4 is 14.8 Å². The number of hydrogen-bond donors (Lipinski definition) is 1. The van der Waals surface area contributed by atoms with E-state index in [1.54, 1.807) is 38.5 Å². The highest BCUT2D eigenvalue weighted by Crippen LogP contribution is 2.44. The molecule has 0 unspecified atom stereocenters. The molecule has 22 heavy (non-hydrogen) atoms. The van der Waals surface area contributed by atoms with E-state index < -0.39 is 0 Å². The average Bonchev–Trinajstić information content (AvgIpc) is 2.53. The van der Waals surface area contributed by atoms with Crippen molar-refractivity contribution in [2.75, 3.05) is 19.5 Å². The van der Waals surface area contributed by atoms with Gasteiger partial charge in [-0.15, -0.1) is 0 Å². The first-order valence-electron chi connectivity index (χ1n) is 6.93. The average molecular weight is 301 g/mol. The molecule has 3 rings (SSSR count). The van der Waals surface area contributed by atoms with E-state index in [1.165, 1.54) is 12.1 Å². The van der Waals surface area contributed by atoms with Gasteiger partial charge in [0.15, 0.2) is 0 Å². The maximum Gasteiger partial charge on any atom is 0.225 e. The maximum atomic E-state index is 13.2. The van der Waals surface area contributed by atoms with Crippen LogP contribution in [0.15, 0.2) is 36.4 Å². The number of fused-ring (bicyclic) bond motifs is 1. The highest BCUT2D eigenvalue weighted by molar-refractivity contribution is 5.96. The molecule has 0 radical (unpaired) electrons. The third-order valence-electron chi connectivity index (χ3n) is 3.86. The Balaban J connectivity index is 2.15. The fourth-order valence-electron chi connectivity index (χ4n) is 2.82. The summed E-state index contributed by atoms with van der Waals surface area (Å²) in [7, 11) is 3.14.